The lowest BCUT2D eigenvalue weighted by molar-refractivity contribution is 0.0190. The first-order valence-electron chi connectivity index (χ1n) is 5.03. The third-order valence-electron chi connectivity index (χ3n) is 2.74. The van der Waals surface area contributed by atoms with Crippen LogP contribution in [0.15, 0.2) is 0 Å². The molecule has 72 valence electrons. The van der Waals surface area contributed by atoms with Crippen LogP contribution in [0.3, 0.4) is 0 Å². The van der Waals surface area contributed by atoms with E-state index < -0.39 is 0 Å². The highest BCUT2D eigenvalue weighted by molar-refractivity contribution is 4.83. The minimum Gasteiger partial charge on any atom is -0.374 e. The molecular weight excluding hydrogens is 150 g/mol. The molecule has 1 saturated heterocycles. The van der Waals surface area contributed by atoms with Gasteiger partial charge in [-0.1, -0.05) is 6.92 Å². The van der Waals surface area contributed by atoms with E-state index in [-0.39, 0.29) is 5.60 Å². The predicted octanol–water partition coefficient (Wildman–Crippen LogP) is 1.94. The second-order valence-electron chi connectivity index (χ2n) is 4.09. The minimum absolute atomic E-state index is 0.115. The van der Waals surface area contributed by atoms with Crippen LogP contribution in [-0.4, -0.2) is 24.8 Å². The average molecular weight is 171 g/mol. The van der Waals surface area contributed by atoms with Crippen molar-refractivity contribution in [3.8, 4) is 0 Å². The van der Waals surface area contributed by atoms with Gasteiger partial charge in [0.2, 0.25) is 0 Å². The molecule has 1 N–H and O–H groups in total. The number of rotatable bonds is 4. The van der Waals surface area contributed by atoms with Crippen molar-refractivity contribution in [2.45, 2.75) is 51.7 Å². The molecule has 2 atom stereocenters. The topological polar surface area (TPSA) is 21.3 Å². The highest BCUT2D eigenvalue weighted by atomic mass is 16.5. The fourth-order valence-corrected chi connectivity index (χ4v) is 1.51. The van der Waals surface area contributed by atoms with Crippen LogP contribution in [0.5, 0.6) is 0 Å². The van der Waals surface area contributed by atoms with E-state index in [9.17, 15) is 0 Å². The summed E-state index contributed by atoms with van der Waals surface area (Å²) in [6, 6.07) is 0.617. The van der Waals surface area contributed by atoms with E-state index >= 15 is 0 Å². The van der Waals surface area contributed by atoms with Crippen LogP contribution in [0, 0.1) is 0 Å². The van der Waals surface area contributed by atoms with Crippen LogP contribution in [-0.2, 0) is 4.74 Å². The van der Waals surface area contributed by atoms with Crippen molar-refractivity contribution >= 4 is 0 Å². The lowest BCUT2D eigenvalue weighted by Gasteiger charge is -2.25. The summed E-state index contributed by atoms with van der Waals surface area (Å²) >= 11 is 0. The van der Waals surface area contributed by atoms with E-state index in [0.29, 0.717) is 6.04 Å². The fourth-order valence-electron chi connectivity index (χ4n) is 1.51. The highest BCUT2D eigenvalue weighted by Crippen LogP contribution is 2.23. The van der Waals surface area contributed by atoms with Crippen molar-refractivity contribution in [3.63, 3.8) is 0 Å². The van der Waals surface area contributed by atoms with Gasteiger partial charge in [0.05, 0.1) is 5.60 Å². The van der Waals surface area contributed by atoms with Gasteiger partial charge in [-0.05, 0) is 33.1 Å². The lowest BCUT2D eigenvalue weighted by Crippen LogP contribution is -2.40. The molecule has 1 rings (SSSR count). The molecule has 1 fully saturated rings. The molecular formula is C10H21NO. The Balaban J connectivity index is 2.21. The second kappa shape index (κ2) is 4.24. The monoisotopic (exact) mass is 171 g/mol. The summed E-state index contributed by atoms with van der Waals surface area (Å²) in [7, 11) is 0. The molecule has 12 heavy (non-hydrogen) atoms. The van der Waals surface area contributed by atoms with E-state index in [4.69, 9.17) is 4.74 Å². The Morgan fingerprint density at radius 3 is 2.83 bits per heavy atom. The van der Waals surface area contributed by atoms with Crippen molar-refractivity contribution in [3.05, 3.63) is 0 Å². The molecule has 0 saturated carbocycles. The summed E-state index contributed by atoms with van der Waals surface area (Å²) in [5.41, 5.74) is 0.115. The molecule has 2 heteroatoms. The lowest BCUT2D eigenvalue weighted by atomic mass is 10.0. The van der Waals surface area contributed by atoms with Crippen molar-refractivity contribution in [1.29, 1.82) is 0 Å². The Morgan fingerprint density at radius 1 is 1.58 bits per heavy atom. The van der Waals surface area contributed by atoms with Gasteiger partial charge in [-0.25, -0.2) is 0 Å². The standard InChI is InChI=1S/C10H21NO/c1-4-9(2)11-8-10(3)6-5-7-12-10/h9,11H,4-8H2,1-3H3. The first-order chi connectivity index (χ1) is 5.66. The molecule has 1 aliphatic heterocycles. The molecule has 0 amide bonds. The average Bonchev–Trinajstić information content (AvgIpc) is 2.49. The quantitative estimate of drug-likeness (QED) is 0.698. The zero-order chi connectivity index (χ0) is 9.03. The van der Waals surface area contributed by atoms with Crippen LogP contribution in [0.25, 0.3) is 0 Å². The minimum atomic E-state index is 0.115. The molecule has 1 aliphatic rings. The normalized spacial score (nSPS) is 32.2. The molecule has 0 aliphatic carbocycles. The van der Waals surface area contributed by atoms with Gasteiger partial charge >= 0.3 is 0 Å². The maximum Gasteiger partial charge on any atom is 0.0779 e. The van der Waals surface area contributed by atoms with Crippen LogP contribution in [0.4, 0.5) is 0 Å². The molecule has 0 radical (unpaired) electrons. The largest absolute Gasteiger partial charge is 0.374 e. The zero-order valence-corrected chi connectivity index (χ0v) is 8.52. The molecule has 2 unspecified atom stereocenters. The van der Waals surface area contributed by atoms with Gasteiger partial charge in [-0.2, -0.15) is 0 Å². The summed E-state index contributed by atoms with van der Waals surface area (Å²) in [5.74, 6) is 0. The van der Waals surface area contributed by atoms with Gasteiger partial charge in [0.1, 0.15) is 0 Å². The molecule has 0 bridgehead atoms. The molecule has 2 nitrogen and oxygen atoms in total. The van der Waals surface area contributed by atoms with Gasteiger partial charge in [0.15, 0.2) is 0 Å². The smallest absolute Gasteiger partial charge is 0.0779 e. The number of hydrogen-bond acceptors (Lipinski definition) is 2. The van der Waals surface area contributed by atoms with E-state index in [1.54, 1.807) is 0 Å². The third kappa shape index (κ3) is 2.76. The molecule has 0 aromatic carbocycles. The first kappa shape index (κ1) is 10.0. The van der Waals surface area contributed by atoms with E-state index in [2.05, 4.69) is 26.1 Å². The van der Waals surface area contributed by atoms with Crippen LogP contribution in [0.2, 0.25) is 0 Å². The second-order valence-corrected chi connectivity index (χ2v) is 4.09. The summed E-state index contributed by atoms with van der Waals surface area (Å²) in [6.07, 6.45) is 3.62. The maximum absolute atomic E-state index is 5.67. The van der Waals surface area contributed by atoms with E-state index in [1.165, 1.54) is 19.3 Å². The molecule has 1 heterocycles. The van der Waals surface area contributed by atoms with Crippen molar-refractivity contribution in [1.82, 2.24) is 5.32 Å². The Bertz CT molecular complexity index is 130. The summed E-state index contributed by atoms with van der Waals surface area (Å²) < 4.78 is 5.67. The number of hydrogen-bond donors (Lipinski definition) is 1. The van der Waals surface area contributed by atoms with Crippen LogP contribution < -0.4 is 5.32 Å². The first-order valence-corrected chi connectivity index (χ1v) is 5.03. The zero-order valence-electron chi connectivity index (χ0n) is 8.52. The van der Waals surface area contributed by atoms with E-state index in [1.807, 2.05) is 0 Å². The third-order valence-corrected chi connectivity index (χ3v) is 2.74. The molecule has 0 aromatic rings. The van der Waals surface area contributed by atoms with Gasteiger partial charge in [0, 0.05) is 19.2 Å². The van der Waals surface area contributed by atoms with Crippen molar-refractivity contribution < 1.29 is 4.74 Å². The SMILES string of the molecule is CCC(C)NCC1(C)CCCO1. The van der Waals surface area contributed by atoms with Crippen molar-refractivity contribution in [2.75, 3.05) is 13.2 Å². The summed E-state index contributed by atoms with van der Waals surface area (Å²) in [5, 5.41) is 3.49. The van der Waals surface area contributed by atoms with Crippen LogP contribution >= 0.6 is 0 Å². The Labute approximate surface area is 75.7 Å². The van der Waals surface area contributed by atoms with Crippen LogP contribution in [0.1, 0.15) is 40.0 Å². The summed E-state index contributed by atoms with van der Waals surface area (Å²) in [6.45, 7) is 8.57. The predicted molar refractivity (Wildman–Crippen MR) is 51.3 cm³/mol. The number of nitrogens with one attached hydrogen (secondary N) is 1. The molecule has 0 aromatic heterocycles. The van der Waals surface area contributed by atoms with E-state index in [0.717, 1.165) is 13.2 Å². The van der Waals surface area contributed by atoms with Gasteiger partial charge in [-0.3, -0.25) is 0 Å². The Morgan fingerprint density at radius 2 is 2.33 bits per heavy atom. The summed E-state index contributed by atoms with van der Waals surface area (Å²) in [4.78, 5) is 0. The Hall–Kier alpha value is -0.0800. The van der Waals surface area contributed by atoms with Gasteiger partial charge < -0.3 is 10.1 Å². The maximum atomic E-state index is 5.67. The fraction of sp³-hybridized carbons (Fsp3) is 1.00. The van der Waals surface area contributed by atoms with Crippen molar-refractivity contribution in [2.24, 2.45) is 0 Å². The number of ether oxygens (including phenoxy) is 1. The molecule has 0 spiro atoms. The Kier molecular flexibility index (Phi) is 3.53. The van der Waals surface area contributed by atoms with Gasteiger partial charge in [-0.15, -0.1) is 0 Å². The highest BCUT2D eigenvalue weighted by Gasteiger charge is 2.29. The van der Waals surface area contributed by atoms with Gasteiger partial charge in [0.25, 0.3) is 0 Å².